The molecule has 3 N–H and O–H groups in total. The van der Waals surface area contributed by atoms with Crippen LogP contribution in [-0.2, 0) is 12.8 Å². The average molecular weight is 381 g/mol. The third kappa shape index (κ3) is 7.43. The molecule has 1 atom stereocenters. The fourth-order valence-electron chi connectivity index (χ4n) is 2.96. The molecule has 0 saturated heterocycles. The highest BCUT2D eigenvalue weighted by Gasteiger charge is 2.06. The molecule has 0 aliphatic rings. The second-order valence-corrected chi connectivity index (χ2v) is 6.86. The highest BCUT2D eigenvalue weighted by Crippen LogP contribution is 2.07. The van der Waals surface area contributed by atoms with Gasteiger partial charge in [-0.1, -0.05) is 42.5 Å². The molecule has 2 aromatic rings. The Balaban J connectivity index is 1.86. The minimum absolute atomic E-state index is 0.0624. The molecule has 1 unspecified atom stereocenters. The third-order valence-electron chi connectivity index (χ3n) is 4.52. The first-order chi connectivity index (χ1) is 13.6. The Labute approximate surface area is 168 Å². The van der Waals surface area contributed by atoms with Gasteiger partial charge < -0.3 is 16.0 Å². The molecule has 1 amide bonds. The van der Waals surface area contributed by atoms with Gasteiger partial charge in [-0.15, -0.1) is 0 Å². The average Bonchev–Trinajstić information content (AvgIpc) is 2.73. The minimum Gasteiger partial charge on any atom is -0.357 e. The van der Waals surface area contributed by atoms with Crippen LogP contribution in [0.4, 0.5) is 0 Å². The van der Waals surface area contributed by atoms with Crippen LogP contribution in [0.15, 0.2) is 59.6 Å². The van der Waals surface area contributed by atoms with Crippen molar-refractivity contribution in [3.8, 4) is 0 Å². The van der Waals surface area contributed by atoms with E-state index in [0.717, 1.165) is 37.3 Å². The maximum Gasteiger partial charge on any atom is 0.251 e. The first-order valence-corrected chi connectivity index (χ1v) is 10.0. The van der Waals surface area contributed by atoms with Gasteiger partial charge in [-0.05, 0) is 56.4 Å². The van der Waals surface area contributed by atoms with Crippen molar-refractivity contribution < 1.29 is 4.79 Å². The molecule has 2 rings (SSSR count). The van der Waals surface area contributed by atoms with Gasteiger partial charge in [0, 0.05) is 31.7 Å². The summed E-state index contributed by atoms with van der Waals surface area (Å²) >= 11 is 0. The van der Waals surface area contributed by atoms with E-state index in [1.807, 2.05) is 30.3 Å². The summed E-state index contributed by atoms with van der Waals surface area (Å²) in [5.41, 5.74) is 3.15. The van der Waals surface area contributed by atoms with E-state index in [1.54, 1.807) is 7.05 Å². The Bertz CT molecular complexity index is 758. The van der Waals surface area contributed by atoms with E-state index in [2.05, 4.69) is 54.1 Å². The number of benzene rings is 2. The summed E-state index contributed by atoms with van der Waals surface area (Å²) < 4.78 is 0. The zero-order valence-electron chi connectivity index (χ0n) is 17.2. The zero-order valence-corrected chi connectivity index (χ0v) is 17.2. The first-order valence-electron chi connectivity index (χ1n) is 10.0. The quantitative estimate of drug-likeness (QED) is 0.462. The predicted molar refractivity (Wildman–Crippen MR) is 117 cm³/mol. The summed E-state index contributed by atoms with van der Waals surface area (Å²) in [4.78, 5) is 16.5. The van der Waals surface area contributed by atoms with E-state index in [1.165, 1.54) is 5.56 Å². The minimum atomic E-state index is -0.0624. The van der Waals surface area contributed by atoms with Gasteiger partial charge in [0.05, 0.1) is 0 Å². The van der Waals surface area contributed by atoms with Crippen molar-refractivity contribution in [2.45, 2.75) is 39.2 Å². The van der Waals surface area contributed by atoms with Crippen LogP contribution in [0.2, 0.25) is 0 Å². The number of hydrogen-bond donors (Lipinski definition) is 3. The number of amides is 1. The molecule has 5 heteroatoms. The number of aliphatic imine (C=N–C) groups is 1. The number of aryl methyl sites for hydroxylation is 1. The van der Waals surface area contributed by atoms with Gasteiger partial charge in [0.15, 0.2) is 5.96 Å². The van der Waals surface area contributed by atoms with Crippen molar-refractivity contribution >= 4 is 11.9 Å². The van der Waals surface area contributed by atoms with Crippen LogP contribution < -0.4 is 16.0 Å². The fourth-order valence-corrected chi connectivity index (χ4v) is 2.96. The van der Waals surface area contributed by atoms with Gasteiger partial charge in [-0.3, -0.25) is 9.79 Å². The highest BCUT2D eigenvalue weighted by molar-refractivity contribution is 5.94. The van der Waals surface area contributed by atoms with Gasteiger partial charge in [-0.25, -0.2) is 0 Å². The maximum atomic E-state index is 11.8. The number of guanidine groups is 1. The predicted octanol–water partition coefficient (Wildman–Crippen LogP) is 3.17. The molecule has 0 fully saturated rings. The Morgan fingerprint density at radius 3 is 2.50 bits per heavy atom. The van der Waals surface area contributed by atoms with Crippen molar-refractivity contribution in [2.75, 3.05) is 20.1 Å². The molecule has 0 saturated carbocycles. The third-order valence-corrected chi connectivity index (χ3v) is 4.52. The molecular formula is C23H32N4O. The van der Waals surface area contributed by atoms with Crippen LogP contribution in [0.1, 0.15) is 41.8 Å². The molecule has 2 aromatic carbocycles. The summed E-state index contributed by atoms with van der Waals surface area (Å²) in [6.45, 7) is 5.74. The number of rotatable bonds is 9. The lowest BCUT2D eigenvalue weighted by Gasteiger charge is -2.18. The van der Waals surface area contributed by atoms with Crippen LogP contribution in [0, 0.1) is 0 Å². The topological polar surface area (TPSA) is 65.5 Å². The van der Waals surface area contributed by atoms with Crippen molar-refractivity contribution in [3.05, 3.63) is 71.3 Å². The Morgan fingerprint density at radius 1 is 1.04 bits per heavy atom. The lowest BCUT2D eigenvalue weighted by Crippen LogP contribution is -2.42. The standard InChI is InChI=1S/C23H32N4O/c1-4-25-23(27-18(2)13-14-19-9-6-5-7-10-19)26-16-15-20-11-8-12-21(17-20)22(28)24-3/h5-12,17-18H,4,13-16H2,1-3H3,(H,24,28)(H2,25,26,27). The Morgan fingerprint density at radius 2 is 1.79 bits per heavy atom. The molecule has 0 bridgehead atoms. The van der Waals surface area contributed by atoms with Crippen molar-refractivity contribution in [1.82, 2.24) is 16.0 Å². The van der Waals surface area contributed by atoms with Crippen molar-refractivity contribution in [2.24, 2.45) is 4.99 Å². The van der Waals surface area contributed by atoms with Crippen molar-refractivity contribution in [3.63, 3.8) is 0 Å². The van der Waals surface area contributed by atoms with E-state index in [0.29, 0.717) is 18.2 Å². The highest BCUT2D eigenvalue weighted by atomic mass is 16.1. The summed E-state index contributed by atoms with van der Waals surface area (Å²) in [7, 11) is 1.65. The monoisotopic (exact) mass is 380 g/mol. The van der Waals surface area contributed by atoms with Gasteiger partial charge in [0.25, 0.3) is 5.91 Å². The zero-order chi connectivity index (χ0) is 20.2. The lowest BCUT2D eigenvalue weighted by atomic mass is 10.1. The van der Waals surface area contributed by atoms with Crippen LogP contribution >= 0.6 is 0 Å². The van der Waals surface area contributed by atoms with Gasteiger partial charge in [0.2, 0.25) is 0 Å². The van der Waals surface area contributed by atoms with Crippen LogP contribution in [0.5, 0.6) is 0 Å². The fraction of sp³-hybridized carbons (Fsp3) is 0.391. The molecule has 150 valence electrons. The largest absolute Gasteiger partial charge is 0.357 e. The molecule has 0 heterocycles. The molecule has 0 aliphatic heterocycles. The SMILES string of the molecule is CCNC(=NCCc1cccc(C(=O)NC)c1)NC(C)CCc1ccccc1. The lowest BCUT2D eigenvalue weighted by molar-refractivity contribution is 0.0963. The number of nitrogens with zero attached hydrogens (tertiary/aromatic N) is 1. The number of carbonyl (C=O) groups excluding carboxylic acids is 1. The second kappa shape index (κ2) is 11.8. The van der Waals surface area contributed by atoms with Crippen LogP contribution in [0.25, 0.3) is 0 Å². The van der Waals surface area contributed by atoms with E-state index in [-0.39, 0.29) is 5.91 Å². The molecule has 0 spiro atoms. The van der Waals surface area contributed by atoms with Gasteiger partial charge >= 0.3 is 0 Å². The molecule has 0 aromatic heterocycles. The van der Waals surface area contributed by atoms with E-state index >= 15 is 0 Å². The Kier molecular flexibility index (Phi) is 9.05. The molecule has 0 aliphatic carbocycles. The van der Waals surface area contributed by atoms with Gasteiger partial charge in [-0.2, -0.15) is 0 Å². The van der Waals surface area contributed by atoms with Crippen molar-refractivity contribution in [1.29, 1.82) is 0 Å². The molecule has 28 heavy (non-hydrogen) atoms. The van der Waals surface area contributed by atoms with Crippen LogP contribution in [0.3, 0.4) is 0 Å². The molecule has 0 radical (unpaired) electrons. The number of nitrogens with one attached hydrogen (secondary N) is 3. The smallest absolute Gasteiger partial charge is 0.251 e. The van der Waals surface area contributed by atoms with Crippen LogP contribution in [-0.4, -0.2) is 38.0 Å². The summed E-state index contributed by atoms with van der Waals surface area (Å²) in [5.74, 6) is 0.776. The van der Waals surface area contributed by atoms with E-state index in [4.69, 9.17) is 4.99 Å². The van der Waals surface area contributed by atoms with E-state index in [9.17, 15) is 4.79 Å². The summed E-state index contributed by atoms with van der Waals surface area (Å²) in [6.07, 6.45) is 2.88. The summed E-state index contributed by atoms with van der Waals surface area (Å²) in [5, 5.41) is 9.46. The first kappa shape index (κ1) is 21.5. The van der Waals surface area contributed by atoms with E-state index < -0.39 is 0 Å². The number of carbonyl (C=O) groups is 1. The molecule has 5 nitrogen and oxygen atoms in total. The Hall–Kier alpha value is -2.82. The normalized spacial score (nSPS) is 12.3. The second-order valence-electron chi connectivity index (χ2n) is 6.86. The molecular weight excluding hydrogens is 348 g/mol. The number of hydrogen-bond acceptors (Lipinski definition) is 2. The maximum absolute atomic E-state index is 11.8. The summed E-state index contributed by atoms with van der Waals surface area (Å²) in [6, 6.07) is 18.6. The van der Waals surface area contributed by atoms with Gasteiger partial charge in [0.1, 0.15) is 0 Å².